The summed E-state index contributed by atoms with van der Waals surface area (Å²) >= 11 is 1.37. The van der Waals surface area contributed by atoms with Gasteiger partial charge in [0.1, 0.15) is 11.0 Å². The fourth-order valence-corrected chi connectivity index (χ4v) is 4.31. The molecule has 2 aromatic rings. The molecule has 1 heterocycles. The molecule has 2 aliphatic rings. The Bertz CT molecular complexity index is 912. The molecule has 6 nitrogen and oxygen atoms in total. The number of benzene rings is 2. The lowest BCUT2D eigenvalue weighted by molar-refractivity contribution is -0.128. The number of hydrogen-bond acceptors (Lipinski definition) is 5. The van der Waals surface area contributed by atoms with Gasteiger partial charge in [0.2, 0.25) is 11.8 Å². The number of anilines is 1. The SMILES string of the molecule is COc1ccccc1NC(=O)CC1SC(=Nc2ccccc2)N(C2CC2)C1=O. The molecule has 2 fully saturated rings. The van der Waals surface area contributed by atoms with Crippen molar-refractivity contribution in [3.05, 3.63) is 54.6 Å². The number of nitrogens with one attached hydrogen (secondary N) is 1. The van der Waals surface area contributed by atoms with Gasteiger partial charge in [0, 0.05) is 12.5 Å². The van der Waals surface area contributed by atoms with Crippen LogP contribution in [0.3, 0.4) is 0 Å². The van der Waals surface area contributed by atoms with Crippen LogP contribution in [0.5, 0.6) is 5.75 Å². The van der Waals surface area contributed by atoms with E-state index in [1.54, 1.807) is 24.1 Å². The van der Waals surface area contributed by atoms with Crippen LogP contribution in [-0.4, -0.2) is 40.3 Å². The zero-order chi connectivity index (χ0) is 19.5. The van der Waals surface area contributed by atoms with E-state index in [1.165, 1.54) is 11.8 Å². The molecule has 7 heteroatoms. The van der Waals surface area contributed by atoms with Gasteiger partial charge in [-0.15, -0.1) is 0 Å². The lowest BCUT2D eigenvalue weighted by atomic mass is 10.2. The van der Waals surface area contributed by atoms with Gasteiger partial charge in [0.05, 0.1) is 18.5 Å². The molecule has 4 rings (SSSR count). The Kier molecular flexibility index (Phi) is 5.34. The summed E-state index contributed by atoms with van der Waals surface area (Å²) in [7, 11) is 1.56. The second kappa shape index (κ2) is 8.06. The third-order valence-electron chi connectivity index (χ3n) is 4.61. The maximum absolute atomic E-state index is 12.9. The molecule has 1 aliphatic heterocycles. The van der Waals surface area contributed by atoms with Gasteiger partial charge in [-0.25, -0.2) is 4.99 Å². The fourth-order valence-electron chi connectivity index (χ4n) is 3.09. The average Bonchev–Trinajstić information content (AvgIpc) is 3.49. The summed E-state index contributed by atoms with van der Waals surface area (Å²) < 4.78 is 5.26. The van der Waals surface area contributed by atoms with Crippen LogP contribution < -0.4 is 10.1 Å². The summed E-state index contributed by atoms with van der Waals surface area (Å²) in [6.45, 7) is 0. The number of amidine groups is 1. The van der Waals surface area contributed by atoms with Crippen molar-refractivity contribution in [3.63, 3.8) is 0 Å². The standard InChI is InChI=1S/C21H21N3O3S/c1-27-17-10-6-5-9-16(17)23-19(25)13-18-20(26)24(15-11-12-15)21(28-18)22-14-7-3-2-4-8-14/h2-10,15,18H,11-13H2,1H3,(H,23,25). The number of para-hydroxylation sites is 3. The predicted molar refractivity (Wildman–Crippen MR) is 111 cm³/mol. The molecule has 2 amide bonds. The van der Waals surface area contributed by atoms with Gasteiger partial charge >= 0.3 is 0 Å². The van der Waals surface area contributed by atoms with Crippen LogP contribution >= 0.6 is 11.8 Å². The molecule has 0 aromatic heterocycles. The first-order valence-corrected chi connectivity index (χ1v) is 10.1. The summed E-state index contributed by atoms with van der Waals surface area (Å²) in [4.78, 5) is 31.9. The van der Waals surface area contributed by atoms with Gasteiger partial charge in [-0.1, -0.05) is 42.1 Å². The van der Waals surface area contributed by atoms with Crippen LogP contribution in [0, 0.1) is 0 Å². The number of methoxy groups -OCH3 is 1. The maximum Gasteiger partial charge on any atom is 0.242 e. The molecule has 2 aromatic carbocycles. The average molecular weight is 395 g/mol. The van der Waals surface area contributed by atoms with Crippen molar-refractivity contribution in [3.8, 4) is 5.75 Å². The molecule has 144 valence electrons. The Hall–Kier alpha value is -2.80. The highest BCUT2D eigenvalue weighted by molar-refractivity contribution is 8.15. The first kappa shape index (κ1) is 18.6. The van der Waals surface area contributed by atoms with E-state index in [0.717, 1.165) is 18.5 Å². The van der Waals surface area contributed by atoms with Crippen molar-refractivity contribution >= 4 is 40.1 Å². The van der Waals surface area contributed by atoms with Crippen LogP contribution in [0.15, 0.2) is 59.6 Å². The number of ether oxygens (including phenoxy) is 1. The number of rotatable bonds is 6. The lowest BCUT2D eigenvalue weighted by Crippen LogP contribution is -2.35. The molecule has 1 aliphatic carbocycles. The van der Waals surface area contributed by atoms with Crippen LogP contribution in [0.25, 0.3) is 0 Å². The highest BCUT2D eigenvalue weighted by atomic mass is 32.2. The van der Waals surface area contributed by atoms with Gasteiger partial charge in [-0.2, -0.15) is 0 Å². The topological polar surface area (TPSA) is 71.0 Å². The number of hydrogen-bond donors (Lipinski definition) is 1. The van der Waals surface area contributed by atoms with Gasteiger partial charge in [0.25, 0.3) is 0 Å². The largest absolute Gasteiger partial charge is 0.495 e. The van der Waals surface area contributed by atoms with Crippen molar-refractivity contribution in [2.24, 2.45) is 4.99 Å². The van der Waals surface area contributed by atoms with Crippen molar-refractivity contribution in [2.75, 3.05) is 12.4 Å². The second-order valence-electron chi connectivity index (χ2n) is 6.73. The van der Waals surface area contributed by atoms with Gasteiger partial charge < -0.3 is 10.1 Å². The molecule has 28 heavy (non-hydrogen) atoms. The van der Waals surface area contributed by atoms with E-state index in [2.05, 4.69) is 10.3 Å². The minimum Gasteiger partial charge on any atom is -0.495 e. The van der Waals surface area contributed by atoms with Crippen molar-refractivity contribution in [2.45, 2.75) is 30.6 Å². The third kappa shape index (κ3) is 4.04. The van der Waals surface area contributed by atoms with Gasteiger partial charge in [-0.05, 0) is 37.1 Å². The smallest absolute Gasteiger partial charge is 0.242 e. The minimum absolute atomic E-state index is 0.0302. The first-order chi connectivity index (χ1) is 13.7. The molecule has 1 saturated carbocycles. The Morgan fingerprint density at radius 1 is 1.18 bits per heavy atom. The highest BCUT2D eigenvalue weighted by Gasteiger charge is 2.46. The number of amides is 2. The van der Waals surface area contributed by atoms with E-state index in [1.807, 2.05) is 42.5 Å². The number of carbonyl (C=O) groups is 2. The highest BCUT2D eigenvalue weighted by Crippen LogP contribution is 2.39. The summed E-state index contributed by atoms with van der Waals surface area (Å²) in [5.41, 5.74) is 1.41. The van der Waals surface area contributed by atoms with E-state index >= 15 is 0 Å². The normalized spacial score (nSPS) is 20.5. The second-order valence-corrected chi connectivity index (χ2v) is 7.90. The van der Waals surface area contributed by atoms with Crippen LogP contribution in [0.1, 0.15) is 19.3 Å². The van der Waals surface area contributed by atoms with Crippen molar-refractivity contribution in [1.29, 1.82) is 0 Å². The number of thioether (sulfide) groups is 1. The fraction of sp³-hybridized carbons (Fsp3) is 0.286. The minimum atomic E-state index is -0.460. The van der Waals surface area contributed by atoms with E-state index in [9.17, 15) is 9.59 Å². The van der Waals surface area contributed by atoms with Crippen LogP contribution in [0.4, 0.5) is 11.4 Å². The Morgan fingerprint density at radius 2 is 1.89 bits per heavy atom. The molecule has 1 unspecified atom stereocenters. The first-order valence-electron chi connectivity index (χ1n) is 9.22. The van der Waals surface area contributed by atoms with E-state index in [0.29, 0.717) is 16.6 Å². The summed E-state index contributed by atoms with van der Waals surface area (Å²) in [6.07, 6.45) is 2.07. The Morgan fingerprint density at radius 3 is 2.61 bits per heavy atom. The Balaban J connectivity index is 1.48. The summed E-state index contributed by atoms with van der Waals surface area (Å²) in [5.74, 6) is 0.344. The van der Waals surface area contributed by atoms with Crippen molar-refractivity contribution in [1.82, 2.24) is 4.90 Å². The zero-order valence-electron chi connectivity index (χ0n) is 15.5. The molecule has 0 bridgehead atoms. The number of carbonyl (C=O) groups excluding carboxylic acids is 2. The molecule has 1 N–H and O–H groups in total. The van der Waals surface area contributed by atoms with Gasteiger partial charge in [-0.3, -0.25) is 14.5 Å². The predicted octanol–water partition coefficient (Wildman–Crippen LogP) is 3.82. The summed E-state index contributed by atoms with van der Waals surface area (Å²) in [5, 5.41) is 3.07. The quantitative estimate of drug-likeness (QED) is 0.807. The molecule has 0 spiro atoms. The van der Waals surface area contributed by atoms with Crippen LogP contribution in [0.2, 0.25) is 0 Å². The van der Waals surface area contributed by atoms with E-state index in [-0.39, 0.29) is 24.3 Å². The molecular formula is C21H21N3O3S. The monoisotopic (exact) mass is 395 g/mol. The molecule has 0 radical (unpaired) electrons. The van der Waals surface area contributed by atoms with E-state index < -0.39 is 5.25 Å². The third-order valence-corrected chi connectivity index (χ3v) is 5.76. The summed E-state index contributed by atoms with van der Waals surface area (Å²) in [6, 6.07) is 17.0. The Labute approximate surface area is 168 Å². The molecule has 1 saturated heterocycles. The number of aliphatic imine (C=N–C) groups is 1. The van der Waals surface area contributed by atoms with Gasteiger partial charge in [0.15, 0.2) is 5.17 Å². The van der Waals surface area contributed by atoms with E-state index in [4.69, 9.17) is 4.74 Å². The lowest BCUT2D eigenvalue weighted by Gasteiger charge is -2.15. The molecule has 1 atom stereocenters. The van der Waals surface area contributed by atoms with Crippen molar-refractivity contribution < 1.29 is 14.3 Å². The number of nitrogens with zero attached hydrogens (tertiary/aromatic N) is 2. The molecular weight excluding hydrogens is 374 g/mol. The maximum atomic E-state index is 12.9. The zero-order valence-corrected chi connectivity index (χ0v) is 16.3. The van der Waals surface area contributed by atoms with Crippen LogP contribution in [-0.2, 0) is 9.59 Å².